The molecule has 1 aliphatic carbocycles. The Morgan fingerprint density at radius 1 is 0.933 bits per heavy atom. The summed E-state index contributed by atoms with van der Waals surface area (Å²) < 4.78 is 9.05. The second kappa shape index (κ2) is 4.73. The van der Waals surface area contributed by atoms with E-state index in [1.807, 2.05) is 32.5 Å². The fourth-order valence-electron chi connectivity index (χ4n) is 1.60. The van der Waals surface area contributed by atoms with Gasteiger partial charge in [0.15, 0.2) is 0 Å². The van der Waals surface area contributed by atoms with Crippen LogP contribution in [0.4, 0.5) is 0 Å². The van der Waals surface area contributed by atoms with Crippen LogP contribution in [-0.4, -0.2) is 29.9 Å². The quantitative estimate of drug-likeness (QED) is 0.471. The molecule has 0 nitrogen and oxygen atoms in total. The van der Waals surface area contributed by atoms with Gasteiger partial charge in [-0.3, -0.25) is 0 Å². The van der Waals surface area contributed by atoms with E-state index in [0.29, 0.717) is 29.9 Å². The average molecular weight is 402 g/mol. The molecular formula is C9H8S4Se2. The van der Waals surface area contributed by atoms with Gasteiger partial charge in [0, 0.05) is 0 Å². The van der Waals surface area contributed by atoms with Crippen molar-refractivity contribution in [2.75, 3.05) is 0 Å². The summed E-state index contributed by atoms with van der Waals surface area (Å²) in [5, 5.41) is 0. The van der Waals surface area contributed by atoms with Crippen LogP contribution in [0.15, 0.2) is 25.0 Å². The standard InChI is InChI=1S/C9H8S4Se2/c10-6-7(11)13-8(12-6)9-14-4-2-1-3-5(4)15-9/h10-11H,1-3H2. The molecule has 0 amide bonds. The number of hydrogen-bond acceptors (Lipinski definition) is 4. The van der Waals surface area contributed by atoms with Crippen LogP contribution >= 0.6 is 48.8 Å². The van der Waals surface area contributed by atoms with Crippen molar-refractivity contribution in [1.29, 1.82) is 0 Å². The van der Waals surface area contributed by atoms with Crippen molar-refractivity contribution in [1.82, 2.24) is 0 Å². The molecule has 0 aromatic rings. The molecule has 0 N–H and O–H groups in total. The van der Waals surface area contributed by atoms with Gasteiger partial charge in [-0.05, 0) is 0 Å². The summed E-state index contributed by atoms with van der Waals surface area (Å²) >= 11 is 13.9. The van der Waals surface area contributed by atoms with Crippen molar-refractivity contribution in [2.45, 2.75) is 19.3 Å². The molecule has 0 saturated carbocycles. The van der Waals surface area contributed by atoms with Gasteiger partial charge in [-0.2, -0.15) is 0 Å². The molecule has 0 saturated heterocycles. The van der Waals surface area contributed by atoms with Crippen molar-refractivity contribution in [3.8, 4) is 0 Å². The molecule has 0 aromatic heterocycles. The topological polar surface area (TPSA) is 0 Å². The molecule has 2 aliphatic heterocycles. The number of allylic oxidation sites excluding steroid dienone is 2. The van der Waals surface area contributed by atoms with Crippen LogP contribution in [0.1, 0.15) is 19.3 Å². The first-order valence-corrected chi connectivity index (χ1v) is 10.5. The molecule has 0 radical (unpaired) electrons. The second-order valence-corrected chi connectivity index (χ2v) is 13.0. The number of hydrogen-bond donors (Lipinski definition) is 2. The Labute approximate surface area is 122 Å². The Bertz CT molecular complexity index is 388. The summed E-state index contributed by atoms with van der Waals surface area (Å²) in [4.78, 5) is 0. The molecule has 0 bridgehead atoms. The summed E-state index contributed by atoms with van der Waals surface area (Å²) in [7, 11) is 0. The summed E-state index contributed by atoms with van der Waals surface area (Å²) in [6.07, 6.45) is 4.20. The van der Waals surface area contributed by atoms with Gasteiger partial charge in [0.2, 0.25) is 0 Å². The average Bonchev–Trinajstić information content (AvgIpc) is 2.80. The summed E-state index contributed by atoms with van der Waals surface area (Å²) in [5.74, 6) is 0. The van der Waals surface area contributed by atoms with E-state index in [9.17, 15) is 0 Å². The molecule has 0 unspecified atom stereocenters. The number of rotatable bonds is 0. The SMILES string of the molecule is SC1=C(S)SC(=C2[Se]C3=C(CCC3)[Se]2)S1. The fraction of sp³-hybridized carbons (Fsp3) is 0.333. The van der Waals surface area contributed by atoms with E-state index in [1.165, 1.54) is 23.5 Å². The molecular weight excluding hydrogens is 394 g/mol. The summed E-state index contributed by atoms with van der Waals surface area (Å²) in [5.41, 5.74) is 0. The number of thiol groups is 2. The first-order valence-electron chi connectivity index (χ1n) is 4.54. The van der Waals surface area contributed by atoms with E-state index in [1.54, 1.807) is 3.37 Å². The molecule has 0 spiro atoms. The van der Waals surface area contributed by atoms with Crippen molar-refractivity contribution in [3.63, 3.8) is 0 Å². The fourth-order valence-corrected chi connectivity index (χ4v) is 13.2. The van der Waals surface area contributed by atoms with Gasteiger partial charge in [-0.1, -0.05) is 0 Å². The Morgan fingerprint density at radius 3 is 2.00 bits per heavy atom. The Balaban J connectivity index is 1.80. The maximum absolute atomic E-state index is 4.43. The van der Waals surface area contributed by atoms with Gasteiger partial charge in [-0.15, -0.1) is 0 Å². The van der Waals surface area contributed by atoms with Gasteiger partial charge >= 0.3 is 123 Å². The zero-order valence-electron chi connectivity index (χ0n) is 7.65. The van der Waals surface area contributed by atoms with Crippen molar-refractivity contribution >= 4 is 78.7 Å². The predicted octanol–water partition coefficient (Wildman–Crippen LogP) is 3.40. The second-order valence-electron chi connectivity index (χ2n) is 3.29. The summed E-state index contributed by atoms with van der Waals surface area (Å²) in [6, 6.07) is 0. The predicted molar refractivity (Wildman–Crippen MR) is 79.6 cm³/mol. The van der Waals surface area contributed by atoms with Crippen LogP contribution in [-0.2, 0) is 0 Å². The Kier molecular flexibility index (Phi) is 3.70. The zero-order valence-corrected chi connectivity index (χ0v) is 14.5. The van der Waals surface area contributed by atoms with Gasteiger partial charge in [0.1, 0.15) is 0 Å². The molecule has 6 heteroatoms. The number of thioether (sulfide) groups is 2. The summed E-state index contributed by atoms with van der Waals surface area (Å²) in [6.45, 7) is 0. The van der Waals surface area contributed by atoms with Crippen LogP contribution in [0.2, 0.25) is 0 Å². The van der Waals surface area contributed by atoms with Crippen molar-refractivity contribution in [2.24, 2.45) is 0 Å². The van der Waals surface area contributed by atoms with E-state index < -0.39 is 0 Å². The third-order valence-corrected chi connectivity index (χ3v) is 14.2. The molecule has 3 rings (SSSR count). The first-order chi connectivity index (χ1) is 7.24. The van der Waals surface area contributed by atoms with Crippen LogP contribution in [0.3, 0.4) is 0 Å². The first kappa shape index (κ1) is 11.7. The van der Waals surface area contributed by atoms with Gasteiger partial charge in [-0.25, -0.2) is 0 Å². The van der Waals surface area contributed by atoms with Crippen LogP contribution in [0.25, 0.3) is 0 Å². The minimum atomic E-state index is 0.674. The molecule has 2 heterocycles. The molecule has 0 atom stereocenters. The van der Waals surface area contributed by atoms with Gasteiger partial charge in [0.05, 0.1) is 0 Å². The van der Waals surface area contributed by atoms with Crippen LogP contribution in [0, 0.1) is 0 Å². The van der Waals surface area contributed by atoms with Crippen LogP contribution in [0.5, 0.6) is 0 Å². The molecule has 80 valence electrons. The van der Waals surface area contributed by atoms with E-state index in [0.717, 1.165) is 8.47 Å². The van der Waals surface area contributed by atoms with E-state index in [4.69, 9.17) is 0 Å². The Hall–Kier alpha value is 1.66. The molecule has 15 heavy (non-hydrogen) atoms. The normalized spacial score (nSPS) is 26.0. The van der Waals surface area contributed by atoms with Gasteiger partial charge in [0.25, 0.3) is 0 Å². The van der Waals surface area contributed by atoms with Gasteiger partial charge < -0.3 is 0 Å². The van der Waals surface area contributed by atoms with Crippen LogP contribution < -0.4 is 0 Å². The van der Waals surface area contributed by atoms with E-state index in [2.05, 4.69) is 25.3 Å². The van der Waals surface area contributed by atoms with Crippen molar-refractivity contribution < 1.29 is 0 Å². The molecule has 3 aliphatic rings. The maximum atomic E-state index is 4.43. The van der Waals surface area contributed by atoms with E-state index in [-0.39, 0.29) is 0 Å². The third kappa shape index (κ3) is 2.30. The monoisotopic (exact) mass is 404 g/mol. The Morgan fingerprint density at radius 2 is 1.47 bits per heavy atom. The molecule has 0 fully saturated rings. The molecule has 0 aromatic carbocycles. The van der Waals surface area contributed by atoms with E-state index >= 15 is 0 Å². The minimum absolute atomic E-state index is 0.674. The zero-order chi connectivity index (χ0) is 10.4. The van der Waals surface area contributed by atoms with Crippen molar-refractivity contribution in [3.05, 3.63) is 25.0 Å². The third-order valence-electron chi connectivity index (χ3n) is 2.28.